The van der Waals surface area contributed by atoms with Crippen LogP contribution in [0.25, 0.3) is 21.5 Å². The first-order valence-electron chi connectivity index (χ1n) is 23.8. The summed E-state index contributed by atoms with van der Waals surface area (Å²) in [4.78, 5) is 91.4. The number of unbranched alkanes of at least 4 members (excludes halogenated alkanes) is 1. The van der Waals surface area contributed by atoms with Crippen LogP contribution >= 0.6 is 0 Å². The number of benzene rings is 4. The molecule has 0 aliphatic rings. The lowest BCUT2D eigenvalue weighted by atomic mass is 9.97. The average molecular weight is 966 g/mol. The lowest BCUT2D eigenvalue weighted by Crippen LogP contribution is -2.60. The van der Waals surface area contributed by atoms with Gasteiger partial charge in [-0.15, -0.1) is 0 Å². The number of nitrogens with two attached hydrogens (primary N) is 6. The van der Waals surface area contributed by atoms with Crippen molar-refractivity contribution in [3.05, 3.63) is 96.1 Å². The molecule has 378 valence electrons. The molecule has 0 saturated carbocycles. The minimum atomic E-state index is -1.32. The molecule has 0 unspecified atom stereocenters. The van der Waals surface area contributed by atoms with Gasteiger partial charge in [-0.1, -0.05) is 112 Å². The summed E-state index contributed by atoms with van der Waals surface area (Å²) in [7, 11) is 0. The fourth-order valence-electron chi connectivity index (χ4n) is 7.84. The van der Waals surface area contributed by atoms with Crippen LogP contribution in [0.4, 0.5) is 0 Å². The molecule has 0 spiro atoms. The lowest BCUT2D eigenvalue weighted by Gasteiger charge is -2.28. The van der Waals surface area contributed by atoms with Gasteiger partial charge in [-0.2, -0.15) is 0 Å². The van der Waals surface area contributed by atoms with Crippen LogP contribution in [0, 0.1) is 5.92 Å². The Morgan fingerprint density at radius 3 is 1.39 bits per heavy atom. The summed E-state index contributed by atoms with van der Waals surface area (Å²) in [6.07, 6.45) is 2.41. The summed E-state index contributed by atoms with van der Waals surface area (Å²) < 4.78 is 0. The Hall–Kier alpha value is -7.32. The number of carboxylic acids is 1. The van der Waals surface area contributed by atoms with Gasteiger partial charge in [0.2, 0.25) is 29.5 Å². The zero-order chi connectivity index (χ0) is 51.2. The number of rotatable bonds is 29. The van der Waals surface area contributed by atoms with E-state index in [1.165, 1.54) is 0 Å². The third-order valence-corrected chi connectivity index (χ3v) is 12.0. The largest absolute Gasteiger partial charge is 0.480 e. The second kappa shape index (κ2) is 28.2. The zero-order valence-electron chi connectivity index (χ0n) is 40.1. The minimum Gasteiger partial charge on any atom is -0.480 e. The Labute approximate surface area is 408 Å². The maximum Gasteiger partial charge on any atom is 0.326 e. The highest BCUT2D eigenvalue weighted by atomic mass is 16.4. The number of carboxylic acid groups (broad SMARTS) is 1. The van der Waals surface area contributed by atoms with E-state index in [4.69, 9.17) is 34.4 Å². The van der Waals surface area contributed by atoms with Crippen molar-refractivity contribution in [2.24, 2.45) is 50.3 Å². The van der Waals surface area contributed by atoms with Crippen LogP contribution in [0.1, 0.15) is 76.3 Å². The second-order valence-corrected chi connectivity index (χ2v) is 17.5. The topological polar surface area (TPSA) is 364 Å². The number of fused-ring (bicyclic) bond motifs is 2. The van der Waals surface area contributed by atoms with E-state index in [1.54, 1.807) is 13.8 Å². The number of carbonyl (C=O) groups is 6. The van der Waals surface area contributed by atoms with Crippen molar-refractivity contribution in [3.8, 4) is 0 Å². The summed E-state index contributed by atoms with van der Waals surface area (Å²) >= 11 is 0. The molecule has 20 nitrogen and oxygen atoms in total. The third kappa shape index (κ3) is 18.0. The van der Waals surface area contributed by atoms with Crippen molar-refractivity contribution in [2.75, 3.05) is 19.6 Å². The molecule has 0 heterocycles. The molecule has 20 heteroatoms. The average Bonchev–Trinajstić information content (AvgIpc) is 3.33. The van der Waals surface area contributed by atoms with E-state index >= 15 is 0 Å². The molecule has 4 rings (SSSR count). The number of nitrogens with zero attached hydrogens (tertiary/aromatic N) is 2. The SMILES string of the molecule is CC[C@H](C)[C@H](NC(=O)[C@H](Cc1ccc2ccccc2c1)NC(=O)[C@H](CCCN=C(N)N)NC(=O)[C@H](CCCN=C(N)N)NC(=O)[C@H](Cc1ccc2ccccc2c1)NC(=O)[C@@H](N)CCCCN)C(=O)O. The lowest BCUT2D eigenvalue weighted by molar-refractivity contribution is -0.143. The normalized spacial score (nSPS) is 14.1. The highest BCUT2D eigenvalue weighted by Crippen LogP contribution is 2.19. The molecular formula is C50H71N13O7. The van der Waals surface area contributed by atoms with Crippen molar-refractivity contribution >= 4 is 69.0 Å². The van der Waals surface area contributed by atoms with Crippen molar-refractivity contribution < 1.29 is 33.9 Å². The van der Waals surface area contributed by atoms with Crippen LogP contribution in [-0.4, -0.2) is 108 Å². The first-order chi connectivity index (χ1) is 33.5. The first-order valence-corrected chi connectivity index (χ1v) is 23.8. The van der Waals surface area contributed by atoms with E-state index in [1.807, 2.05) is 84.9 Å². The molecule has 4 aromatic carbocycles. The Bertz CT molecular complexity index is 2460. The number of aliphatic carboxylic acids is 1. The molecule has 0 aliphatic carbocycles. The molecule has 70 heavy (non-hydrogen) atoms. The van der Waals surface area contributed by atoms with Gasteiger partial charge >= 0.3 is 5.97 Å². The molecule has 7 atom stereocenters. The van der Waals surface area contributed by atoms with Crippen LogP contribution in [0.15, 0.2) is 94.9 Å². The molecule has 0 saturated heterocycles. The number of hydrogen-bond acceptors (Lipinski definition) is 10. The van der Waals surface area contributed by atoms with Gasteiger partial charge in [-0.05, 0) is 83.7 Å². The van der Waals surface area contributed by atoms with E-state index in [-0.39, 0.29) is 63.5 Å². The molecule has 0 radical (unpaired) electrons. The molecule has 0 bridgehead atoms. The molecule has 0 fully saturated rings. The Morgan fingerprint density at radius 1 is 0.543 bits per heavy atom. The predicted octanol–water partition coefficient (Wildman–Crippen LogP) is 0.896. The summed E-state index contributed by atoms with van der Waals surface area (Å²) in [5.41, 5.74) is 35.6. The predicted molar refractivity (Wildman–Crippen MR) is 273 cm³/mol. The smallest absolute Gasteiger partial charge is 0.326 e. The quantitative estimate of drug-likeness (QED) is 0.0205. The number of hydrogen-bond donors (Lipinski definition) is 12. The Balaban J connectivity index is 1.67. The molecule has 0 aliphatic heterocycles. The van der Waals surface area contributed by atoms with Gasteiger partial charge in [-0.3, -0.25) is 34.0 Å². The van der Waals surface area contributed by atoms with Gasteiger partial charge in [0.25, 0.3) is 0 Å². The molecule has 5 amide bonds. The summed E-state index contributed by atoms with van der Waals surface area (Å²) in [5.74, 6) is -5.60. The van der Waals surface area contributed by atoms with Gasteiger partial charge in [0.15, 0.2) is 11.9 Å². The summed E-state index contributed by atoms with van der Waals surface area (Å²) in [6.45, 7) is 4.11. The van der Waals surface area contributed by atoms with Crippen molar-refractivity contribution in [1.29, 1.82) is 0 Å². The van der Waals surface area contributed by atoms with Gasteiger partial charge in [0.05, 0.1) is 6.04 Å². The fourth-order valence-corrected chi connectivity index (χ4v) is 7.84. The van der Waals surface area contributed by atoms with Crippen LogP contribution in [0.5, 0.6) is 0 Å². The van der Waals surface area contributed by atoms with E-state index in [0.29, 0.717) is 37.8 Å². The fraction of sp³-hybridized carbons (Fsp3) is 0.440. The number of amides is 5. The van der Waals surface area contributed by atoms with Crippen molar-refractivity contribution in [2.45, 2.75) is 114 Å². The minimum absolute atomic E-state index is 0.00881. The first kappa shape index (κ1) is 55.3. The molecule has 4 aromatic rings. The van der Waals surface area contributed by atoms with Crippen LogP contribution in [0.2, 0.25) is 0 Å². The Morgan fingerprint density at radius 2 is 0.957 bits per heavy atom. The Kier molecular flexibility index (Phi) is 22.3. The van der Waals surface area contributed by atoms with Gasteiger partial charge in [0.1, 0.15) is 30.2 Å². The zero-order valence-corrected chi connectivity index (χ0v) is 40.1. The highest BCUT2D eigenvalue weighted by Gasteiger charge is 2.34. The third-order valence-electron chi connectivity index (χ3n) is 12.0. The number of guanidine groups is 2. The summed E-state index contributed by atoms with van der Waals surface area (Å²) in [5, 5.41) is 27.5. The number of nitrogens with one attached hydrogen (secondary N) is 5. The van der Waals surface area contributed by atoms with Crippen molar-refractivity contribution in [1.82, 2.24) is 26.6 Å². The number of carbonyl (C=O) groups excluding carboxylic acids is 5. The maximum atomic E-state index is 14.5. The van der Waals surface area contributed by atoms with Crippen LogP contribution < -0.4 is 61.0 Å². The molecular weight excluding hydrogens is 895 g/mol. The van der Waals surface area contributed by atoms with E-state index < -0.39 is 77.7 Å². The van der Waals surface area contributed by atoms with Crippen LogP contribution in [0.3, 0.4) is 0 Å². The highest BCUT2D eigenvalue weighted by molar-refractivity contribution is 5.97. The van der Waals surface area contributed by atoms with Gasteiger partial charge < -0.3 is 66.1 Å². The monoisotopic (exact) mass is 966 g/mol. The molecule has 18 N–H and O–H groups in total. The van der Waals surface area contributed by atoms with Crippen molar-refractivity contribution in [3.63, 3.8) is 0 Å². The van der Waals surface area contributed by atoms with E-state index in [9.17, 15) is 33.9 Å². The van der Waals surface area contributed by atoms with E-state index in [2.05, 4.69) is 36.6 Å². The maximum absolute atomic E-state index is 14.5. The standard InChI is InChI=1S/C50H71N13O7/c1-3-30(2)42(48(69)70)63-47(68)41(29-32-20-22-34-13-5-7-15-36(34)27-32)62-45(66)39(18-11-25-58-50(55)56)59-44(65)38(17-10-24-57-49(53)54)60-46(67)40(61-43(64)37(52)16-8-9-23-51)28-31-19-21-33-12-4-6-14-35(33)26-31/h4-7,12-15,19-22,26-27,30,37-42H,3,8-11,16-18,23-25,28-29,51-52H2,1-2H3,(H,59,65)(H,60,67)(H,61,64)(H,62,66)(H,63,68)(H,69,70)(H4,53,54,57)(H4,55,56,58)/t30-,37-,38-,39-,40-,41-,42-/m0/s1. The van der Waals surface area contributed by atoms with Gasteiger partial charge in [0, 0.05) is 25.9 Å². The molecule has 0 aromatic heterocycles. The second-order valence-electron chi connectivity index (χ2n) is 17.5. The summed E-state index contributed by atoms with van der Waals surface area (Å²) in [6, 6.07) is 19.2. The van der Waals surface area contributed by atoms with Crippen LogP contribution in [-0.2, 0) is 41.6 Å². The number of aliphatic imine (C=N–C) groups is 2. The van der Waals surface area contributed by atoms with Gasteiger partial charge in [-0.25, -0.2) is 4.79 Å². The van der Waals surface area contributed by atoms with E-state index in [0.717, 1.165) is 27.1 Å².